The van der Waals surface area contributed by atoms with Crippen LogP contribution in [0.1, 0.15) is 50.5 Å². The van der Waals surface area contributed by atoms with E-state index in [2.05, 4.69) is 10.6 Å². The van der Waals surface area contributed by atoms with E-state index in [9.17, 15) is 19.2 Å². The summed E-state index contributed by atoms with van der Waals surface area (Å²) in [6, 6.07) is 6.71. The van der Waals surface area contributed by atoms with Gasteiger partial charge >= 0.3 is 0 Å². The Morgan fingerprint density at radius 1 is 1.10 bits per heavy atom. The number of fused-ring (bicyclic) bond motifs is 4. The third-order valence-electron chi connectivity index (χ3n) is 7.30. The van der Waals surface area contributed by atoms with E-state index in [1.54, 1.807) is 6.07 Å². The third-order valence-corrected chi connectivity index (χ3v) is 7.30. The molecule has 4 atom stereocenters. The van der Waals surface area contributed by atoms with Gasteiger partial charge < -0.3 is 11.1 Å². The lowest BCUT2D eigenvalue weighted by Crippen LogP contribution is -2.54. The first-order chi connectivity index (χ1) is 14.4. The van der Waals surface area contributed by atoms with Crippen LogP contribution < -0.4 is 16.4 Å². The number of nitrogens with two attached hydrogens (primary N) is 1. The van der Waals surface area contributed by atoms with Gasteiger partial charge in [-0.05, 0) is 25.3 Å². The molecule has 1 aliphatic carbocycles. The van der Waals surface area contributed by atoms with Gasteiger partial charge in [0.1, 0.15) is 5.54 Å². The lowest BCUT2D eigenvalue weighted by Gasteiger charge is -2.33. The number of nitrogens with zero attached hydrogens (tertiary/aromatic N) is 1. The lowest BCUT2D eigenvalue weighted by molar-refractivity contribution is -0.146. The number of hydrogen-bond donors (Lipinski definition) is 3. The van der Waals surface area contributed by atoms with Crippen molar-refractivity contribution in [2.24, 2.45) is 17.6 Å². The van der Waals surface area contributed by atoms with E-state index in [1.165, 1.54) is 4.90 Å². The molecule has 1 aromatic rings. The Balaban J connectivity index is 1.59. The van der Waals surface area contributed by atoms with Gasteiger partial charge in [0, 0.05) is 29.8 Å². The smallest absolute Gasteiger partial charge is 0.250 e. The molecule has 0 aromatic heterocycles. The average Bonchev–Trinajstić information content (AvgIpc) is 3.32. The summed E-state index contributed by atoms with van der Waals surface area (Å²) in [5.74, 6) is -2.74. The molecule has 4 amide bonds. The molecule has 30 heavy (non-hydrogen) atoms. The van der Waals surface area contributed by atoms with Crippen LogP contribution in [0.15, 0.2) is 24.3 Å². The van der Waals surface area contributed by atoms with Crippen molar-refractivity contribution in [1.29, 1.82) is 0 Å². The van der Waals surface area contributed by atoms with Crippen molar-refractivity contribution in [3.05, 3.63) is 29.8 Å². The maximum absolute atomic E-state index is 13.7. The Morgan fingerprint density at radius 3 is 2.57 bits per heavy atom. The van der Waals surface area contributed by atoms with E-state index in [0.29, 0.717) is 17.7 Å². The molecule has 0 unspecified atom stereocenters. The van der Waals surface area contributed by atoms with Crippen LogP contribution >= 0.6 is 0 Å². The van der Waals surface area contributed by atoms with Gasteiger partial charge in [0.05, 0.1) is 11.8 Å². The van der Waals surface area contributed by atoms with Gasteiger partial charge in [0.2, 0.25) is 23.6 Å². The molecule has 0 bridgehead atoms. The summed E-state index contributed by atoms with van der Waals surface area (Å²) in [4.78, 5) is 53.4. The highest BCUT2D eigenvalue weighted by Gasteiger charge is 2.70. The molecule has 158 valence electrons. The molecular formula is C22H26N4O4. The molecule has 1 saturated carbocycles. The van der Waals surface area contributed by atoms with E-state index in [0.717, 1.165) is 32.1 Å². The number of para-hydroxylation sites is 1. The van der Waals surface area contributed by atoms with Crippen molar-refractivity contribution in [1.82, 2.24) is 10.2 Å². The largest absolute Gasteiger partial charge is 0.370 e. The highest BCUT2D eigenvalue weighted by molar-refractivity contribution is 6.15. The molecule has 8 heteroatoms. The Bertz CT molecular complexity index is 941. The fourth-order valence-electron chi connectivity index (χ4n) is 6.03. The molecule has 8 nitrogen and oxygen atoms in total. The summed E-state index contributed by atoms with van der Waals surface area (Å²) in [5.41, 5.74) is 5.41. The van der Waals surface area contributed by atoms with E-state index < -0.39 is 29.3 Å². The number of primary amides is 1. The highest BCUT2D eigenvalue weighted by atomic mass is 16.2. The molecule has 4 N–H and O–H groups in total. The maximum Gasteiger partial charge on any atom is 0.250 e. The maximum atomic E-state index is 13.7. The average molecular weight is 410 g/mol. The number of rotatable bonds is 4. The fraction of sp³-hybridized carbons (Fsp3) is 0.545. The normalized spacial score (nSPS) is 33.1. The van der Waals surface area contributed by atoms with Crippen LogP contribution in [0.2, 0.25) is 0 Å². The zero-order valence-electron chi connectivity index (χ0n) is 16.7. The van der Waals surface area contributed by atoms with E-state index in [1.807, 2.05) is 18.2 Å². The Morgan fingerprint density at radius 2 is 1.83 bits per heavy atom. The number of hydrogen-bond acceptors (Lipinski definition) is 5. The number of imide groups is 1. The first-order valence-corrected chi connectivity index (χ1v) is 10.8. The van der Waals surface area contributed by atoms with Crippen molar-refractivity contribution >= 4 is 29.3 Å². The second kappa shape index (κ2) is 6.91. The zero-order chi connectivity index (χ0) is 21.0. The minimum Gasteiger partial charge on any atom is -0.370 e. The Labute approximate surface area is 174 Å². The monoisotopic (exact) mass is 410 g/mol. The van der Waals surface area contributed by atoms with Crippen molar-refractivity contribution in [3.8, 4) is 0 Å². The molecular weight excluding hydrogens is 384 g/mol. The number of anilines is 1. The summed E-state index contributed by atoms with van der Waals surface area (Å²) in [6.07, 6.45) is 5.13. The summed E-state index contributed by atoms with van der Waals surface area (Å²) in [7, 11) is 0. The molecule has 2 saturated heterocycles. The van der Waals surface area contributed by atoms with E-state index in [4.69, 9.17) is 5.73 Å². The summed E-state index contributed by atoms with van der Waals surface area (Å²) < 4.78 is 0. The Kier molecular flexibility index (Phi) is 4.43. The number of nitrogens with one attached hydrogen (secondary N) is 2. The first kappa shape index (κ1) is 19.2. The van der Waals surface area contributed by atoms with Gasteiger partial charge in [-0.1, -0.05) is 37.5 Å². The highest BCUT2D eigenvalue weighted by Crippen LogP contribution is 2.54. The van der Waals surface area contributed by atoms with Gasteiger partial charge in [0.15, 0.2) is 0 Å². The molecule has 0 radical (unpaired) electrons. The van der Waals surface area contributed by atoms with Gasteiger partial charge in [-0.3, -0.25) is 29.4 Å². The van der Waals surface area contributed by atoms with Crippen LogP contribution in [0, 0.1) is 11.8 Å². The third kappa shape index (κ3) is 2.56. The fourth-order valence-corrected chi connectivity index (χ4v) is 6.03. The standard InChI is InChI=1S/C22H26N4O4/c23-16(27)11-10-15-17-18(20(29)26(19(17)28)12-6-2-1-3-7-12)22(25-15)13-8-4-5-9-14(13)24-21(22)30/h4-5,8-9,12,15,17-18,25H,1-3,6-7,10-11H2,(H2,23,27)(H,24,30)/t15-,17-,18+,22-/m1/s1. The molecule has 5 rings (SSSR count). The first-order valence-electron chi connectivity index (χ1n) is 10.8. The van der Waals surface area contributed by atoms with Crippen LogP contribution in [0.4, 0.5) is 5.69 Å². The van der Waals surface area contributed by atoms with Crippen LogP contribution in [0.5, 0.6) is 0 Å². The Hall–Kier alpha value is -2.74. The minimum atomic E-state index is -1.29. The quantitative estimate of drug-likeness (QED) is 0.640. The summed E-state index contributed by atoms with van der Waals surface area (Å²) >= 11 is 0. The van der Waals surface area contributed by atoms with Crippen LogP contribution in [0.3, 0.4) is 0 Å². The van der Waals surface area contributed by atoms with E-state index in [-0.39, 0.29) is 30.2 Å². The summed E-state index contributed by atoms with van der Waals surface area (Å²) in [5, 5.41) is 6.21. The molecule has 1 spiro atoms. The molecule has 3 fully saturated rings. The van der Waals surface area contributed by atoms with Crippen molar-refractivity contribution < 1.29 is 19.2 Å². The van der Waals surface area contributed by atoms with E-state index >= 15 is 0 Å². The van der Waals surface area contributed by atoms with Crippen LogP contribution in [0.25, 0.3) is 0 Å². The van der Waals surface area contributed by atoms with Gasteiger partial charge in [-0.15, -0.1) is 0 Å². The second-order valence-electron chi connectivity index (χ2n) is 8.91. The van der Waals surface area contributed by atoms with Gasteiger partial charge in [0.25, 0.3) is 0 Å². The predicted octanol–water partition coefficient (Wildman–Crippen LogP) is 1.01. The predicted molar refractivity (Wildman–Crippen MR) is 108 cm³/mol. The molecule has 3 aliphatic heterocycles. The van der Waals surface area contributed by atoms with Crippen molar-refractivity contribution in [2.45, 2.75) is 62.6 Å². The molecule has 1 aromatic carbocycles. The van der Waals surface area contributed by atoms with Gasteiger partial charge in [-0.25, -0.2) is 0 Å². The molecule has 4 aliphatic rings. The lowest BCUT2D eigenvalue weighted by atomic mass is 9.76. The second-order valence-corrected chi connectivity index (χ2v) is 8.91. The number of amides is 4. The van der Waals surface area contributed by atoms with Crippen LogP contribution in [-0.2, 0) is 24.7 Å². The zero-order valence-corrected chi connectivity index (χ0v) is 16.7. The van der Waals surface area contributed by atoms with Crippen molar-refractivity contribution in [3.63, 3.8) is 0 Å². The number of carbonyl (C=O) groups excluding carboxylic acids is 4. The van der Waals surface area contributed by atoms with Gasteiger partial charge in [-0.2, -0.15) is 0 Å². The van der Waals surface area contributed by atoms with Crippen molar-refractivity contribution in [2.75, 3.05) is 5.32 Å². The molecule has 3 heterocycles. The number of likely N-dealkylation sites (tertiary alicyclic amines) is 1. The number of benzene rings is 1. The number of carbonyl (C=O) groups is 4. The summed E-state index contributed by atoms with van der Waals surface area (Å²) in [6.45, 7) is 0. The topological polar surface area (TPSA) is 122 Å². The van der Waals surface area contributed by atoms with Crippen LogP contribution in [-0.4, -0.2) is 40.6 Å². The minimum absolute atomic E-state index is 0.0884. The SMILES string of the molecule is NC(=O)CC[C@H]1N[C@@]2(C(=O)Nc3ccccc32)[C@@H]2C(=O)N(C3CCCCC3)C(=O)[C@@H]21.